The number of hydrogen-bond donors (Lipinski definition) is 2. The lowest BCUT2D eigenvalue weighted by Gasteiger charge is -2.11. The molecule has 0 fully saturated rings. The Hall–Kier alpha value is -1.81. The summed E-state index contributed by atoms with van der Waals surface area (Å²) >= 11 is 0. The molecular weight excluding hydrogens is 254 g/mol. The van der Waals surface area contributed by atoms with Crippen molar-refractivity contribution in [2.75, 3.05) is 6.54 Å². The highest BCUT2D eigenvalue weighted by molar-refractivity contribution is 5.82. The van der Waals surface area contributed by atoms with Gasteiger partial charge < -0.3 is 15.2 Å². The van der Waals surface area contributed by atoms with Crippen LogP contribution in [0.2, 0.25) is 0 Å². The average molecular weight is 277 g/mol. The van der Waals surface area contributed by atoms with Gasteiger partial charge in [-0.05, 0) is 44.9 Å². The number of nitrogens with one attached hydrogen (secondary N) is 1. The predicted octanol–water partition coefficient (Wildman–Crippen LogP) is 2.07. The van der Waals surface area contributed by atoms with Crippen molar-refractivity contribution in [2.45, 2.75) is 39.4 Å². The van der Waals surface area contributed by atoms with Crippen LogP contribution in [0, 0.1) is 0 Å². The van der Waals surface area contributed by atoms with Crippen molar-refractivity contribution in [3.63, 3.8) is 0 Å². The highest BCUT2D eigenvalue weighted by Gasteiger charge is 2.09. The van der Waals surface area contributed by atoms with Crippen LogP contribution in [0.3, 0.4) is 0 Å². The molecule has 0 saturated carbocycles. The number of carbonyl (C=O) groups is 1. The molecule has 1 unspecified atom stereocenters. The van der Waals surface area contributed by atoms with Crippen LogP contribution >= 0.6 is 0 Å². The lowest BCUT2D eigenvalue weighted by molar-refractivity contribution is -0.127. The summed E-state index contributed by atoms with van der Waals surface area (Å²) in [4.78, 5) is 11.5. The minimum Gasteiger partial charge on any atom is -0.491 e. The first-order valence-corrected chi connectivity index (χ1v) is 6.87. The van der Waals surface area contributed by atoms with Gasteiger partial charge in [0.2, 0.25) is 0 Å². The third kappa shape index (κ3) is 5.89. The summed E-state index contributed by atoms with van der Waals surface area (Å²) in [5.74, 6) is 0.471. The summed E-state index contributed by atoms with van der Waals surface area (Å²) in [7, 11) is 0. The van der Waals surface area contributed by atoms with Crippen LogP contribution in [0.4, 0.5) is 0 Å². The summed E-state index contributed by atoms with van der Waals surface area (Å²) < 4.78 is 5.56. The molecule has 1 atom stereocenters. The van der Waals surface area contributed by atoms with E-state index in [4.69, 9.17) is 4.74 Å². The van der Waals surface area contributed by atoms with Crippen LogP contribution in [0.15, 0.2) is 36.4 Å². The SMILES string of the molecule is C/C=C/C(O)C(=O)NCCc1ccc(OC(C)C)cc1. The molecule has 1 aromatic rings. The van der Waals surface area contributed by atoms with E-state index in [2.05, 4.69) is 5.32 Å². The molecule has 110 valence electrons. The third-order valence-corrected chi connectivity index (χ3v) is 2.65. The van der Waals surface area contributed by atoms with Crippen LogP contribution in [-0.4, -0.2) is 29.8 Å². The summed E-state index contributed by atoms with van der Waals surface area (Å²) in [5, 5.41) is 12.1. The third-order valence-electron chi connectivity index (χ3n) is 2.65. The van der Waals surface area contributed by atoms with Crippen LogP contribution < -0.4 is 10.1 Å². The fourth-order valence-corrected chi connectivity index (χ4v) is 1.71. The first-order chi connectivity index (χ1) is 9.52. The van der Waals surface area contributed by atoms with Crippen molar-refractivity contribution in [3.05, 3.63) is 42.0 Å². The van der Waals surface area contributed by atoms with Crippen molar-refractivity contribution >= 4 is 5.91 Å². The molecule has 0 heterocycles. The molecule has 0 saturated heterocycles. The van der Waals surface area contributed by atoms with Crippen LogP contribution in [0.25, 0.3) is 0 Å². The fourth-order valence-electron chi connectivity index (χ4n) is 1.71. The number of benzene rings is 1. The van der Waals surface area contributed by atoms with Gasteiger partial charge in [0.05, 0.1) is 6.10 Å². The largest absolute Gasteiger partial charge is 0.491 e. The second-order valence-corrected chi connectivity index (χ2v) is 4.82. The number of carbonyl (C=O) groups excluding carboxylic acids is 1. The summed E-state index contributed by atoms with van der Waals surface area (Å²) in [6.07, 6.45) is 2.91. The normalized spacial score (nSPS) is 12.7. The van der Waals surface area contributed by atoms with E-state index in [1.807, 2.05) is 38.1 Å². The first kappa shape index (κ1) is 16.2. The first-order valence-electron chi connectivity index (χ1n) is 6.87. The highest BCUT2D eigenvalue weighted by Crippen LogP contribution is 2.13. The molecule has 4 heteroatoms. The number of allylic oxidation sites excluding steroid dienone is 1. The Kier molecular flexibility index (Phi) is 6.81. The molecule has 0 spiro atoms. The van der Waals surface area contributed by atoms with Crippen molar-refractivity contribution in [2.24, 2.45) is 0 Å². The van der Waals surface area contributed by atoms with Gasteiger partial charge in [-0.2, -0.15) is 0 Å². The van der Waals surface area contributed by atoms with Crippen LogP contribution in [-0.2, 0) is 11.2 Å². The maximum absolute atomic E-state index is 11.5. The minimum atomic E-state index is -1.07. The van der Waals surface area contributed by atoms with E-state index < -0.39 is 6.10 Å². The standard InChI is InChI=1S/C16H23NO3/c1-4-5-15(18)16(19)17-11-10-13-6-8-14(9-7-13)20-12(2)3/h4-9,12,15,18H,10-11H2,1-3H3,(H,17,19)/b5-4+. The molecule has 1 aromatic carbocycles. The molecule has 4 nitrogen and oxygen atoms in total. The molecule has 0 aliphatic rings. The monoisotopic (exact) mass is 277 g/mol. The van der Waals surface area contributed by atoms with E-state index in [0.29, 0.717) is 6.54 Å². The Morgan fingerprint density at radius 3 is 2.55 bits per heavy atom. The van der Waals surface area contributed by atoms with Gasteiger partial charge in [-0.15, -0.1) is 0 Å². The molecule has 0 radical (unpaired) electrons. The maximum Gasteiger partial charge on any atom is 0.252 e. The zero-order valence-corrected chi connectivity index (χ0v) is 12.3. The number of rotatable bonds is 7. The average Bonchev–Trinajstić information content (AvgIpc) is 2.40. The highest BCUT2D eigenvalue weighted by atomic mass is 16.5. The van der Waals surface area contributed by atoms with E-state index in [0.717, 1.165) is 17.7 Å². The smallest absolute Gasteiger partial charge is 0.252 e. The van der Waals surface area contributed by atoms with Gasteiger partial charge in [0.1, 0.15) is 5.75 Å². The quantitative estimate of drug-likeness (QED) is 0.750. The van der Waals surface area contributed by atoms with Gasteiger partial charge in [-0.3, -0.25) is 4.79 Å². The number of amides is 1. The van der Waals surface area contributed by atoms with Gasteiger partial charge in [0.15, 0.2) is 6.10 Å². The zero-order valence-electron chi connectivity index (χ0n) is 12.3. The van der Waals surface area contributed by atoms with E-state index in [1.165, 1.54) is 6.08 Å². The minimum absolute atomic E-state index is 0.160. The van der Waals surface area contributed by atoms with Gasteiger partial charge >= 0.3 is 0 Å². The van der Waals surface area contributed by atoms with Gasteiger partial charge in [0, 0.05) is 6.54 Å². The number of ether oxygens (including phenoxy) is 1. The van der Waals surface area contributed by atoms with E-state index in [9.17, 15) is 9.90 Å². The summed E-state index contributed by atoms with van der Waals surface area (Å²) in [6, 6.07) is 7.80. The lowest BCUT2D eigenvalue weighted by atomic mass is 10.1. The Bertz CT molecular complexity index is 438. The molecule has 0 aliphatic carbocycles. The number of hydrogen-bond acceptors (Lipinski definition) is 3. The Balaban J connectivity index is 2.37. The van der Waals surface area contributed by atoms with Crippen molar-refractivity contribution < 1.29 is 14.6 Å². The summed E-state index contributed by atoms with van der Waals surface area (Å²) in [5.41, 5.74) is 1.11. The Morgan fingerprint density at radius 2 is 2.00 bits per heavy atom. The Labute approximate surface area is 120 Å². The van der Waals surface area contributed by atoms with E-state index >= 15 is 0 Å². The van der Waals surface area contributed by atoms with Crippen LogP contribution in [0.1, 0.15) is 26.3 Å². The second kappa shape index (κ2) is 8.38. The fraction of sp³-hybridized carbons (Fsp3) is 0.438. The molecule has 0 aromatic heterocycles. The molecule has 0 bridgehead atoms. The van der Waals surface area contributed by atoms with Gasteiger partial charge in [-0.1, -0.05) is 24.3 Å². The molecule has 1 amide bonds. The molecule has 2 N–H and O–H groups in total. The molecule has 0 aliphatic heterocycles. The topological polar surface area (TPSA) is 58.6 Å². The van der Waals surface area contributed by atoms with E-state index in [-0.39, 0.29) is 12.0 Å². The zero-order chi connectivity index (χ0) is 15.0. The van der Waals surface area contributed by atoms with Gasteiger partial charge in [0.25, 0.3) is 5.91 Å². The van der Waals surface area contributed by atoms with Crippen molar-refractivity contribution in [3.8, 4) is 5.75 Å². The molecule has 20 heavy (non-hydrogen) atoms. The maximum atomic E-state index is 11.5. The van der Waals surface area contributed by atoms with Crippen molar-refractivity contribution in [1.82, 2.24) is 5.32 Å². The summed E-state index contributed by atoms with van der Waals surface area (Å²) in [6.45, 7) is 6.23. The number of aliphatic hydroxyl groups is 1. The van der Waals surface area contributed by atoms with Crippen LogP contribution in [0.5, 0.6) is 5.75 Å². The molecular formula is C16H23NO3. The van der Waals surface area contributed by atoms with Gasteiger partial charge in [-0.25, -0.2) is 0 Å². The van der Waals surface area contributed by atoms with E-state index in [1.54, 1.807) is 13.0 Å². The molecule has 1 rings (SSSR count). The lowest BCUT2D eigenvalue weighted by Crippen LogP contribution is -2.34. The second-order valence-electron chi connectivity index (χ2n) is 4.82. The van der Waals surface area contributed by atoms with Crippen molar-refractivity contribution in [1.29, 1.82) is 0 Å². The predicted molar refractivity (Wildman–Crippen MR) is 79.7 cm³/mol. The number of aliphatic hydroxyl groups excluding tert-OH is 1. The Morgan fingerprint density at radius 1 is 1.35 bits per heavy atom.